The van der Waals surface area contributed by atoms with Crippen molar-refractivity contribution in [2.45, 2.75) is 45.2 Å². The Labute approximate surface area is 94.8 Å². The molecule has 1 amide bonds. The second-order valence-corrected chi connectivity index (χ2v) is 4.62. The lowest BCUT2D eigenvalue weighted by Gasteiger charge is -2.14. The van der Waals surface area contributed by atoms with Gasteiger partial charge in [-0.3, -0.25) is 14.4 Å². The van der Waals surface area contributed by atoms with Crippen molar-refractivity contribution >= 4 is 17.5 Å². The van der Waals surface area contributed by atoms with E-state index in [0.717, 1.165) is 0 Å². The van der Waals surface area contributed by atoms with Crippen LogP contribution < -0.4 is 11.1 Å². The van der Waals surface area contributed by atoms with Crippen molar-refractivity contribution in [1.29, 1.82) is 0 Å². The van der Waals surface area contributed by atoms with Crippen LogP contribution in [0.2, 0.25) is 0 Å². The van der Waals surface area contributed by atoms with Crippen molar-refractivity contribution in [3.8, 4) is 0 Å². The highest BCUT2D eigenvalue weighted by molar-refractivity contribution is 6.41. The molecule has 1 heterocycles. The lowest BCUT2D eigenvalue weighted by molar-refractivity contribution is -0.138. The molecule has 0 radical (unpaired) electrons. The molecule has 5 heteroatoms. The van der Waals surface area contributed by atoms with Crippen molar-refractivity contribution < 1.29 is 14.4 Å². The third kappa shape index (κ3) is 3.13. The fourth-order valence-electron chi connectivity index (χ4n) is 1.78. The summed E-state index contributed by atoms with van der Waals surface area (Å²) < 4.78 is 0. The highest BCUT2D eigenvalue weighted by Crippen LogP contribution is 2.10. The van der Waals surface area contributed by atoms with E-state index < -0.39 is 23.7 Å². The predicted molar refractivity (Wildman–Crippen MR) is 58.6 cm³/mol. The van der Waals surface area contributed by atoms with Gasteiger partial charge in [-0.2, -0.15) is 0 Å². The minimum atomic E-state index is -0.745. The van der Waals surface area contributed by atoms with Crippen LogP contribution in [0, 0.1) is 5.92 Å². The summed E-state index contributed by atoms with van der Waals surface area (Å²) in [6.45, 7) is 3.88. The van der Waals surface area contributed by atoms with Gasteiger partial charge in [0.15, 0.2) is 0 Å². The number of Topliss-reactive ketones (excluding diaryl/α,β-unsaturated/α-hetero) is 2. The molecule has 0 bridgehead atoms. The molecule has 1 saturated heterocycles. The first-order valence-corrected chi connectivity index (χ1v) is 5.54. The monoisotopic (exact) mass is 226 g/mol. The van der Waals surface area contributed by atoms with E-state index in [0.29, 0.717) is 19.3 Å². The molecule has 2 atom stereocenters. The number of nitrogens with two attached hydrogens (primary N) is 1. The first-order chi connectivity index (χ1) is 7.41. The fourth-order valence-corrected chi connectivity index (χ4v) is 1.78. The van der Waals surface area contributed by atoms with E-state index in [2.05, 4.69) is 5.32 Å². The smallest absolute Gasteiger partial charge is 0.222 e. The third-order valence-corrected chi connectivity index (χ3v) is 2.62. The molecule has 1 rings (SSSR count). The zero-order valence-corrected chi connectivity index (χ0v) is 9.66. The van der Waals surface area contributed by atoms with Crippen LogP contribution in [0.5, 0.6) is 0 Å². The van der Waals surface area contributed by atoms with E-state index in [4.69, 9.17) is 5.73 Å². The summed E-state index contributed by atoms with van der Waals surface area (Å²) in [7, 11) is 0. The van der Waals surface area contributed by atoms with Gasteiger partial charge in [0.05, 0.1) is 12.1 Å². The summed E-state index contributed by atoms with van der Waals surface area (Å²) in [6.07, 6.45) is 1.20. The van der Waals surface area contributed by atoms with Gasteiger partial charge in [0, 0.05) is 6.42 Å². The molecule has 0 saturated carbocycles. The Bertz CT molecular complexity index is 312. The van der Waals surface area contributed by atoms with Gasteiger partial charge < -0.3 is 11.1 Å². The molecule has 0 aromatic heterocycles. The lowest BCUT2D eigenvalue weighted by atomic mass is 9.96. The molecule has 1 aliphatic rings. The molecule has 5 nitrogen and oxygen atoms in total. The average Bonchev–Trinajstić information content (AvgIpc) is 2.61. The van der Waals surface area contributed by atoms with Crippen molar-refractivity contribution in [1.82, 2.24) is 5.32 Å². The van der Waals surface area contributed by atoms with Crippen LogP contribution >= 0.6 is 0 Å². The lowest BCUT2D eigenvalue weighted by Crippen LogP contribution is -2.45. The summed E-state index contributed by atoms with van der Waals surface area (Å²) in [5.74, 6) is -1.03. The van der Waals surface area contributed by atoms with Gasteiger partial charge >= 0.3 is 0 Å². The number of carbonyl (C=O) groups is 3. The number of rotatable bonds is 5. The van der Waals surface area contributed by atoms with Crippen LogP contribution in [0.1, 0.15) is 33.1 Å². The van der Waals surface area contributed by atoms with Crippen LogP contribution in [-0.4, -0.2) is 29.6 Å². The quantitative estimate of drug-likeness (QED) is 0.634. The molecule has 0 aromatic rings. The van der Waals surface area contributed by atoms with E-state index in [9.17, 15) is 14.4 Å². The number of carbonyl (C=O) groups excluding carboxylic acids is 3. The Morgan fingerprint density at radius 1 is 1.50 bits per heavy atom. The molecule has 1 aliphatic heterocycles. The van der Waals surface area contributed by atoms with Crippen molar-refractivity contribution in [2.75, 3.05) is 0 Å². The summed E-state index contributed by atoms with van der Waals surface area (Å²) in [4.78, 5) is 34.2. The van der Waals surface area contributed by atoms with Crippen LogP contribution in [0.3, 0.4) is 0 Å². The topological polar surface area (TPSA) is 89.3 Å². The molecule has 16 heavy (non-hydrogen) atoms. The Balaban J connectivity index is 2.53. The SMILES string of the molecule is CC(C)C[C@H](N)C(=O)C(=O)[C@@H]1CCC(=O)N1. The molecule has 0 spiro atoms. The minimum Gasteiger partial charge on any atom is -0.346 e. The Kier molecular flexibility index (Phi) is 4.18. The number of amides is 1. The van der Waals surface area contributed by atoms with Crippen molar-refractivity contribution in [3.05, 3.63) is 0 Å². The van der Waals surface area contributed by atoms with Crippen LogP contribution in [0.15, 0.2) is 0 Å². The first kappa shape index (κ1) is 12.8. The Morgan fingerprint density at radius 2 is 2.12 bits per heavy atom. The highest BCUT2D eigenvalue weighted by Gasteiger charge is 2.33. The van der Waals surface area contributed by atoms with Gasteiger partial charge in [-0.1, -0.05) is 13.8 Å². The molecule has 0 aromatic carbocycles. The molecule has 90 valence electrons. The molecule has 0 unspecified atom stereocenters. The number of hydrogen-bond acceptors (Lipinski definition) is 4. The number of ketones is 2. The molecular weight excluding hydrogens is 208 g/mol. The third-order valence-electron chi connectivity index (χ3n) is 2.62. The standard InChI is InChI=1S/C11H18N2O3/c1-6(2)5-7(12)10(15)11(16)8-3-4-9(14)13-8/h6-8H,3-5,12H2,1-2H3,(H,13,14)/t7-,8-/m0/s1. The molecule has 1 fully saturated rings. The van der Waals surface area contributed by atoms with E-state index in [1.807, 2.05) is 13.8 Å². The molecule has 3 N–H and O–H groups in total. The zero-order valence-electron chi connectivity index (χ0n) is 9.66. The summed E-state index contributed by atoms with van der Waals surface area (Å²) in [5, 5.41) is 2.48. The Morgan fingerprint density at radius 3 is 2.56 bits per heavy atom. The normalized spacial score (nSPS) is 22.0. The fraction of sp³-hybridized carbons (Fsp3) is 0.727. The van der Waals surface area contributed by atoms with Gasteiger partial charge in [0.1, 0.15) is 0 Å². The van der Waals surface area contributed by atoms with E-state index in [-0.39, 0.29) is 11.8 Å². The summed E-state index contributed by atoms with van der Waals surface area (Å²) >= 11 is 0. The van der Waals surface area contributed by atoms with E-state index in [1.165, 1.54) is 0 Å². The van der Waals surface area contributed by atoms with E-state index >= 15 is 0 Å². The first-order valence-electron chi connectivity index (χ1n) is 5.54. The van der Waals surface area contributed by atoms with Gasteiger partial charge in [-0.25, -0.2) is 0 Å². The maximum absolute atomic E-state index is 11.7. The predicted octanol–water partition coefficient (Wildman–Crippen LogP) is -0.223. The number of nitrogens with one attached hydrogen (secondary N) is 1. The molecule has 0 aliphatic carbocycles. The second kappa shape index (κ2) is 5.21. The zero-order chi connectivity index (χ0) is 12.3. The van der Waals surface area contributed by atoms with E-state index in [1.54, 1.807) is 0 Å². The van der Waals surface area contributed by atoms with Crippen LogP contribution in [0.25, 0.3) is 0 Å². The largest absolute Gasteiger partial charge is 0.346 e. The van der Waals surface area contributed by atoms with Gasteiger partial charge in [-0.05, 0) is 18.8 Å². The van der Waals surface area contributed by atoms with Crippen LogP contribution in [0.4, 0.5) is 0 Å². The average molecular weight is 226 g/mol. The van der Waals surface area contributed by atoms with Gasteiger partial charge in [-0.15, -0.1) is 0 Å². The van der Waals surface area contributed by atoms with Crippen molar-refractivity contribution in [2.24, 2.45) is 11.7 Å². The Hall–Kier alpha value is -1.23. The van der Waals surface area contributed by atoms with Crippen LogP contribution in [-0.2, 0) is 14.4 Å². The highest BCUT2D eigenvalue weighted by atomic mass is 16.2. The van der Waals surface area contributed by atoms with Crippen molar-refractivity contribution in [3.63, 3.8) is 0 Å². The van der Waals surface area contributed by atoms with Gasteiger partial charge in [0.2, 0.25) is 17.5 Å². The maximum Gasteiger partial charge on any atom is 0.222 e. The maximum atomic E-state index is 11.7. The van der Waals surface area contributed by atoms with Gasteiger partial charge in [0.25, 0.3) is 0 Å². The summed E-state index contributed by atoms with van der Waals surface area (Å²) in [6, 6.07) is -1.40. The molecular formula is C11H18N2O3. The number of hydrogen-bond donors (Lipinski definition) is 2. The second-order valence-electron chi connectivity index (χ2n) is 4.62. The summed E-state index contributed by atoms with van der Waals surface area (Å²) in [5.41, 5.74) is 5.64. The minimum absolute atomic E-state index is 0.177.